The molecule has 5 nitrogen and oxygen atoms in total. The van der Waals surface area contributed by atoms with Crippen molar-refractivity contribution >= 4 is 40.5 Å². The van der Waals surface area contributed by atoms with E-state index in [4.69, 9.17) is 11.6 Å². The Hall–Kier alpha value is -2.66. The number of amides is 1. The summed E-state index contributed by atoms with van der Waals surface area (Å²) in [5, 5.41) is 14.0. The average Bonchev–Trinajstić information content (AvgIpc) is 2.74. The van der Waals surface area contributed by atoms with Gasteiger partial charge in [0.2, 0.25) is 0 Å². The van der Waals surface area contributed by atoms with E-state index in [0.717, 1.165) is 5.56 Å². The second kappa shape index (κ2) is 5.03. The van der Waals surface area contributed by atoms with Crippen molar-refractivity contribution < 1.29 is 9.72 Å². The van der Waals surface area contributed by atoms with Gasteiger partial charge in [0.1, 0.15) is 0 Å². The molecule has 0 radical (unpaired) electrons. The van der Waals surface area contributed by atoms with E-state index in [1.165, 1.54) is 12.1 Å². The van der Waals surface area contributed by atoms with Crippen molar-refractivity contribution in [3.63, 3.8) is 0 Å². The maximum atomic E-state index is 12.0. The Labute approximate surface area is 125 Å². The van der Waals surface area contributed by atoms with Crippen molar-refractivity contribution in [1.29, 1.82) is 0 Å². The number of carbonyl (C=O) groups is 1. The number of halogens is 1. The zero-order valence-corrected chi connectivity index (χ0v) is 11.4. The lowest BCUT2D eigenvalue weighted by Crippen LogP contribution is -2.03. The fraction of sp³-hybridized carbons (Fsp3) is 0. The molecule has 104 valence electrons. The molecule has 0 saturated heterocycles. The van der Waals surface area contributed by atoms with Crippen LogP contribution in [0.4, 0.5) is 11.4 Å². The fourth-order valence-electron chi connectivity index (χ4n) is 2.20. The number of carbonyl (C=O) groups excluding carboxylic acids is 1. The third kappa shape index (κ3) is 2.51. The van der Waals surface area contributed by atoms with E-state index in [1.54, 1.807) is 36.4 Å². The quantitative estimate of drug-likeness (QED) is 0.521. The number of benzene rings is 2. The maximum absolute atomic E-state index is 12.0. The normalized spacial score (nSPS) is 14.9. The minimum Gasteiger partial charge on any atom is -0.321 e. The van der Waals surface area contributed by atoms with Gasteiger partial charge in [0.15, 0.2) is 0 Å². The van der Waals surface area contributed by atoms with E-state index in [0.29, 0.717) is 21.8 Å². The van der Waals surface area contributed by atoms with Gasteiger partial charge in [0.25, 0.3) is 11.6 Å². The molecule has 0 bridgehead atoms. The van der Waals surface area contributed by atoms with Crippen LogP contribution in [-0.2, 0) is 4.79 Å². The van der Waals surface area contributed by atoms with Crippen molar-refractivity contribution in [3.8, 4) is 0 Å². The lowest BCUT2D eigenvalue weighted by Gasteiger charge is -1.99. The van der Waals surface area contributed by atoms with Crippen LogP contribution in [0.25, 0.3) is 11.6 Å². The Morgan fingerprint density at radius 2 is 2.00 bits per heavy atom. The highest BCUT2D eigenvalue weighted by molar-refractivity contribution is 6.36. The van der Waals surface area contributed by atoms with Gasteiger partial charge < -0.3 is 5.32 Å². The summed E-state index contributed by atoms with van der Waals surface area (Å²) in [5.41, 5.74) is 2.42. The summed E-state index contributed by atoms with van der Waals surface area (Å²) in [4.78, 5) is 22.3. The molecule has 0 aliphatic carbocycles. The average molecular weight is 301 g/mol. The molecule has 1 aliphatic heterocycles. The number of hydrogen-bond donors (Lipinski definition) is 1. The van der Waals surface area contributed by atoms with Crippen LogP contribution in [0.5, 0.6) is 0 Å². The molecule has 0 aromatic heterocycles. The topological polar surface area (TPSA) is 72.2 Å². The maximum Gasteiger partial charge on any atom is 0.270 e. The summed E-state index contributed by atoms with van der Waals surface area (Å²) in [6.07, 6.45) is 1.63. The largest absolute Gasteiger partial charge is 0.321 e. The number of non-ortho nitro benzene ring substituents is 1. The summed E-state index contributed by atoms with van der Waals surface area (Å²) in [5.74, 6) is -0.251. The zero-order valence-electron chi connectivity index (χ0n) is 10.7. The van der Waals surface area contributed by atoms with Crippen molar-refractivity contribution in [2.24, 2.45) is 0 Å². The second-order valence-corrected chi connectivity index (χ2v) is 4.99. The van der Waals surface area contributed by atoms with Gasteiger partial charge >= 0.3 is 0 Å². The number of nitro groups is 1. The first-order valence-electron chi connectivity index (χ1n) is 6.12. The van der Waals surface area contributed by atoms with Crippen LogP contribution in [0.15, 0.2) is 42.5 Å². The minimum absolute atomic E-state index is 0.0147. The molecule has 1 aliphatic rings. The van der Waals surface area contributed by atoms with Gasteiger partial charge in [-0.2, -0.15) is 0 Å². The van der Waals surface area contributed by atoms with Crippen LogP contribution in [0.2, 0.25) is 5.02 Å². The Kier molecular flexibility index (Phi) is 3.19. The molecule has 6 heteroatoms. The monoisotopic (exact) mass is 300 g/mol. The number of nitrogens with one attached hydrogen (secondary N) is 1. The van der Waals surface area contributed by atoms with Crippen LogP contribution in [0.3, 0.4) is 0 Å². The summed E-state index contributed by atoms with van der Waals surface area (Å²) >= 11 is 5.89. The first kappa shape index (κ1) is 13.3. The van der Waals surface area contributed by atoms with E-state index in [9.17, 15) is 14.9 Å². The molecule has 1 amide bonds. The van der Waals surface area contributed by atoms with E-state index in [-0.39, 0.29) is 11.6 Å². The predicted molar refractivity (Wildman–Crippen MR) is 81.0 cm³/mol. The van der Waals surface area contributed by atoms with Crippen LogP contribution < -0.4 is 5.32 Å². The molecule has 1 N–H and O–H groups in total. The first-order valence-corrected chi connectivity index (χ1v) is 6.50. The number of nitro benzene ring substituents is 1. The van der Waals surface area contributed by atoms with Crippen LogP contribution in [0.1, 0.15) is 11.1 Å². The summed E-state index contributed by atoms with van der Waals surface area (Å²) in [6.45, 7) is 0. The molecule has 1 heterocycles. The van der Waals surface area contributed by atoms with Gasteiger partial charge in [-0.1, -0.05) is 29.8 Å². The number of rotatable bonds is 2. The molecule has 0 fully saturated rings. The first-order chi connectivity index (χ1) is 10.0. The number of fused-ring (bicyclic) bond motifs is 1. The summed E-state index contributed by atoms with van der Waals surface area (Å²) in [7, 11) is 0. The smallest absolute Gasteiger partial charge is 0.270 e. The summed E-state index contributed by atoms with van der Waals surface area (Å²) < 4.78 is 0. The Morgan fingerprint density at radius 3 is 2.76 bits per heavy atom. The zero-order chi connectivity index (χ0) is 15.0. The molecule has 2 aromatic rings. The molecule has 0 unspecified atom stereocenters. The lowest BCUT2D eigenvalue weighted by atomic mass is 10.0. The predicted octanol–water partition coefficient (Wildman–Crippen LogP) is 3.74. The molecule has 2 aromatic carbocycles. The summed E-state index contributed by atoms with van der Waals surface area (Å²) in [6, 6.07) is 11.2. The van der Waals surface area contributed by atoms with Crippen molar-refractivity contribution in [2.45, 2.75) is 0 Å². The highest BCUT2D eigenvalue weighted by Crippen LogP contribution is 2.35. The molecule has 0 spiro atoms. The number of anilines is 1. The van der Waals surface area contributed by atoms with Gasteiger partial charge in [-0.05, 0) is 23.8 Å². The van der Waals surface area contributed by atoms with Crippen LogP contribution >= 0.6 is 11.6 Å². The molecular weight excluding hydrogens is 292 g/mol. The van der Waals surface area contributed by atoms with Gasteiger partial charge in [0, 0.05) is 28.3 Å². The van der Waals surface area contributed by atoms with Gasteiger partial charge in [-0.3, -0.25) is 14.9 Å². The third-order valence-electron chi connectivity index (χ3n) is 3.16. The lowest BCUT2D eigenvalue weighted by molar-refractivity contribution is -0.384. The van der Waals surface area contributed by atoms with Gasteiger partial charge in [-0.15, -0.1) is 0 Å². The molecule has 0 saturated carbocycles. The molecule has 0 atom stereocenters. The second-order valence-electron chi connectivity index (χ2n) is 4.55. The van der Waals surface area contributed by atoms with Gasteiger partial charge in [0.05, 0.1) is 10.6 Å². The van der Waals surface area contributed by atoms with Crippen molar-refractivity contribution in [3.05, 3.63) is 68.7 Å². The van der Waals surface area contributed by atoms with E-state index in [2.05, 4.69) is 5.32 Å². The Bertz CT molecular complexity index is 799. The minimum atomic E-state index is -0.468. The van der Waals surface area contributed by atoms with Crippen LogP contribution in [0, 0.1) is 10.1 Å². The van der Waals surface area contributed by atoms with E-state index >= 15 is 0 Å². The van der Waals surface area contributed by atoms with E-state index in [1.807, 2.05) is 0 Å². The van der Waals surface area contributed by atoms with Crippen LogP contribution in [-0.4, -0.2) is 10.8 Å². The molecule has 21 heavy (non-hydrogen) atoms. The SMILES string of the molecule is O=C1Nc2cc(Cl)ccc2/C1=C/c1cccc([N+](=O)[O-])c1. The van der Waals surface area contributed by atoms with Crippen molar-refractivity contribution in [2.75, 3.05) is 5.32 Å². The Morgan fingerprint density at radius 1 is 1.19 bits per heavy atom. The number of nitrogens with zero attached hydrogens (tertiary/aromatic N) is 1. The highest BCUT2D eigenvalue weighted by atomic mass is 35.5. The fourth-order valence-corrected chi connectivity index (χ4v) is 2.38. The molecular formula is C15H9ClN2O3. The third-order valence-corrected chi connectivity index (χ3v) is 3.39. The van der Waals surface area contributed by atoms with Gasteiger partial charge in [-0.25, -0.2) is 0 Å². The molecule has 3 rings (SSSR count). The Balaban J connectivity index is 2.07. The van der Waals surface area contributed by atoms with Crippen molar-refractivity contribution in [1.82, 2.24) is 0 Å². The van der Waals surface area contributed by atoms with E-state index < -0.39 is 4.92 Å². The number of hydrogen-bond acceptors (Lipinski definition) is 3. The standard InChI is InChI=1S/C15H9ClN2O3/c16-10-4-5-12-13(15(19)17-14(12)8-10)7-9-2-1-3-11(6-9)18(20)21/h1-8H,(H,17,19)/b13-7-. The highest BCUT2D eigenvalue weighted by Gasteiger charge is 2.24.